The van der Waals surface area contributed by atoms with Crippen LogP contribution in [0.15, 0.2) is 182 Å². The fourth-order valence-electron chi connectivity index (χ4n) is 8.21. The number of benzene rings is 3. The molecule has 3 N–H and O–H groups in total. The third-order valence-corrected chi connectivity index (χ3v) is 12.5. The van der Waals surface area contributed by atoms with Crippen LogP contribution in [0, 0.1) is 0 Å². The Kier molecular flexibility index (Phi) is 16.5. The average Bonchev–Trinajstić information content (AvgIpc) is 4.15. The largest absolute Gasteiger partial charge is 0.351 e. The minimum Gasteiger partial charge on any atom is -0.351 e. The summed E-state index contributed by atoms with van der Waals surface area (Å²) in [5.41, 5.74) is 7.65. The number of aromatic nitrogens is 10. The first-order chi connectivity index (χ1) is 35.6. The van der Waals surface area contributed by atoms with Crippen LogP contribution >= 0.6 is 11.8 Å². The smallest absolute Gasteiger partial charge is 0.291 e. The van der Waals surface area contributed by atoms with Crippen LogP contribution in [0.4, 0.5) is 11.4 Å². The molecule has 0 saturated carbocycles. The van der Waals surface area contributed by atoms with E-state index in [1.165, 1.54) is 16.5 Å². The summed E-state index contributed by atoms with van der Waals surface area (Å²) in [5.74, 6) is -0.682. The molecule has 0 radical (unpaired) electrons. The van der Waals surface area contributed by atoms with Crippen molar-refractivity contribution in [2.45, 2.75) is 11.8 Å². The van der Waals surface area contributed by atoms with Gasteiger partial charge >= 0.3 is 0 Å². The molecule has 0 aliphatic heterocycles. The van der Waals surface area contributed by atoms with Crippen molar-refractivity contribution >= 4 is 106 Å². The summed E-state index contributed by atoms with van der Waals surface area (Å²) < 4.78 is 4.86. The molecule has 9 heterocycles. The number of nitrogens with one attached hydrogen (secondary N) is 3. The second-order valence-corrected chi connectivity index (χ2v) is 17.4. The van der Waals surface area contributed by atoms with Gasteiger partial charge in [0.1, 0.15) is 11.4 Å². The normalized spacial score (nSPS) is 10.7. The Hall–Kier alpha value is -8.73. The zero-order valence-electron chi connectivity index (χ0n) is 40.9. The molecule has 0 unspecified atom stereocenters. The van der Waals surface area contributed by atoms with Crippen molar-refractivity contribution in [3.05, 3.63) is 194 Å². The van der Waals surface area contributed by atoms with Gasteiger partial charge in [0, 0.05) is 146 Å². The first-order valence-electron chi connectivity index (χ1n) is 23.1. The van der Waals surface area contributed by atoms with Crippen molar-refractivity contribution in [2.75, 3.05) is 23.4 Å². The number of aryl methyl sites for hydroxylation is 3. The molecule has 12 aromatic rings. The molecule has 12 rings (SSSR count). The fraction of sp³-hybridized carbons (Fsp3) is 0.107. The Morgan fingerprint density at radius 2 is 0.878 bits per heavy atom. The van der Waals surface area contributed by atoms with Gasteiger partial charge in [-0.3, -0.25) is 44.3 Å². The number of carbonyl (C=O) groups excluding carboxylic acids is 3. The average molecular weight is 1090 g/mol. The van der Waals surface area contributed by atoms with Crippen LogP contribution < -0.4 is 16.0 Å². The van der Waals surface area contributed by atoms with E-state index in [9.17, 15) is 14.4 Å². The Bertz CT molecular complexity index is 3750. The molecule has 3 amide bonds. The predicted octanol–water partition coefficient (Wildman–Crippen LogP) is 10.4. The van der Waals surface area contributed by atoms with Gasteiger partial charge in [-0.2, -0.15) is 0 Å². The number of thioether (sulfide) groups is 1. The van der Waals surface area contributed by atoms with Crippen molar-refractivity contribution in [1.29, 1.82) is 0 Å². The number of fused-ring (bicyclic) bond motifs is 9. The van der Waals surface area contributed by atoms with E-state index < -0.39 is 0 Å². The molecule has 3 aromatic carbocycles. The van der Waals surface area contributed by atoms with Crippen LogP contribution in [-0.2, 0) is 40.6 Å². The topological polar surface area (TPSA) is 192 Å². The number of anilines is 2. The van der Waals surface area contributed by atoms with Crippen LogP contribution in [0.3, 0.4) is 0 Å². The summed E-state index contributed by atoms with van der Waals surface area (Å²) in [6.45, 7) is 2.35. The van der Waals surface area contributed by atoms with Crippen molar-refractivity contribution in [3.8, 4) is 0 Å². The van der Waals surface area contributed by atoms with Crippen LogP contribution in [0.2, 0.25) is 0 Å². The number of pyridine rings is 6. The maximum atomic E-state index is 12.7. The molecule has 16 nitrogen and oxygen atoms in total. The summed E-state index contributed by atoms with van der Waals surface area (Å²) in [6.07, 6.45) is 19.4. The van der Waals surface area contributed by atoms with E-state index in [4.69, 9.17) is 0 Å². The van der Waals surface area contributed by atoms with Crippen molar-refractivity contribution in [3.63, 3.8) is 0 Å². The zero-order chi connectivity index (χ0) is 50.8. The summed E-state index contributed by atoms with van der Waals surface area (Å²) in [4.78, 5) is 68.5. The van der Waals surface area contributed by atoms with Gasteiger partial charge < -0.3 is 29.7 Å². The van der Waals surface area contributed by atoms with Gasteiger partial charge in [-0.1, -0.05) is 60.7 Å². The van der Waals surface area contributed by atoms with E-state index in [1.807, 2.05) is 55.7 Å². The summed E-state index contributed by atoms with van der Waals surface area (Å²) in [7, 11) is 5.16. The molecule has 18 heteroatoms. The van der Waals surface area contributed by atoms with Gasteiger partial charge in [-0.25, -0.2) is 4.98 Å². The Labute approximate surface area is 442 Å². The van der Waals surface area contributed by atoms with E-state index in [1.54, 1.807) is 102 Å². The Morgan fingerprint density at radius 3 is 1.31 bits per heavy atom. The monoisotopic (exact) mass is 1090 g/mol. The van der Waals surface area contributed by atoms with Crippen molar-refractivity contribution in [2.24, 2.45) is 21.1 Å². The van der Waals surface area contributed by atoms with E-state index >= 15 is 0 Å². The molecule has 74 heavy (non-hydrogen) atoms. The van der Waals surface area contributed by atoms with Gasteiger partial charge in [-0.05, 0) is 67.8 Å². The minimum absolute atomic E-state index is 0. The SMILES string of the molecule is CCNC(=O)c1cc(NC(=O)c2cc(NC(=O)c3nccn3C)cn2C)cn1C.CSc1cc2cccnc2c2ncccc12.[Ru].c1cnc2c(c1)ccc1cccnc12.c1cnc2c(c1)ccc1cccnc12. The van der Waals surface area contributed by atoms with Gasteiger partial charge in [-0.15, -0.1) is 11.8 Å². The summed E-state index contributed by atoms with van der Waals surface area (Å²) >= 11 is 1.75. The van der Waals surface area contributed by atoms with Gasteiger partial charge in [0.2, 0.25) is 0 Å². The molecule has 370 valence electrons. The molecule has 0 aliphatic carbocycles. The van der Waals surface area contributed by atoms with E-state index in [0.29, 0.717) is 29.3 Å². The quantitative estimate of drug-likeness (QED) is 0.0782. The Morgan fingerprint density at radius 1 is 0.473 bits per heavy atom. The Balaban J connectivity index is 0.000000138. The molecular weight excluding hydrogens is 1040 g/mol. The number of amides is 3. The number of imidazole rings is 1. The number of nitrogens with zero attached hydrogens (tertiary/aromatic N) is 10. The zero-order valence-corrected chi connectivity index (χ0v) is 43.5. The molecule has 0 bridgehead atoms. The number of hydrogen-bond donors (Lipinski definition) is 3. The van der Waals surface area contributed by atoms with Gasteiger partial charge in [0.15, 0.2) is 5.82 Å². The maximum Gasteiger partial charge on any atom is 0.291 e. The standard InChI is InChI=1S/C19H23N7O3.C13H10N2S.2C12H8N2.Ru/c1-5-20-17(27)14-8-12(10-25(14)3)22-18(28)15-9-13(11-26(15)4)23-19(29)16-21-6-7-24(16)2;1-16-11-8-9-4-2-6-14-12(9)13-10(11)5-3-7-15-13;2*1-3-9-5-6-10-4-2-8-14-12(10)11(9)13-7-1;/h6-11H,5H2,1-4H3,(H,20,27)(H,22,28)(H,23,29);2-8H,1H3;2*1-8H;. The molecule has 0 saturated heterocycles. The van der Waals surface area contributed by atoms with E-state index in [-0.39, 0.29) is 43.0 Å². The van der Waals surface area contributed by atoms with Crippen molar-refractivity contribution < 1.29 is 33.9 Å². The van der Waals surface area contributed by atoms with Crippen LogP contribution in [0.5, 0.6) is 0 Å². The van der Waals surface area contributed by atoms with Crippen molar-refractivity contribution in [1.82, 2.24) is 53.9 Å². The predicted molar refractivity (Wildman–Crippen MR) is 291 cm³/mol. The third-order valence-electron chi connectivity index (χ3n) is 11.7. The van der Waals surface area contributed by atoms with Crippen LogP contribution in [0.25, 0.3) is 65.4 Å². The maximum absolute atomic E-state index is 12.7. The number of carbonyl (C=O) groups is 3. The fourth-order valence-corrected chi connectivity index (χ4v) is 8.84. The van der Waals surface area contributed by atoms with Crippen LogP contribution in [0.1, 0.15) is 38.5 Å². The first kappa shape index (κ1) is 51.6. The number of rotatable bonds is 7. The van der Waals surface area contributed by atoms with E-state index in [0.717, 1.165) is 60.0 Å². The molecule has 0 fully saturated rings. The molecule has 0 spiro atoms. The second kappa shape index (κ2) is 23.7. The van der Waals surface area contributed by atoms with Crippen LogP contribution in [-0.4, -0.2) is 79.1 Å². The molecular formula is C56H49N13O3RuS. The molecule has 0 aliphatic rings. The number of hydrogen-bond acceptors (Lipinski definition) is 11. The minimum atomic E-state index is -0.371. The second-order valence-electron chi connectivity index (χ2n) is 16.6. The molecule has 9 aromatic heterocycles. The molecule has 0 atom stereocenters. The summed E-state index contributed by atoms with van der Waals surface area (Å²) in [5, 5.41) is 15.1. The third kappa shape index (κ3) is 11.5. The van der Waals surface area contributed by atoms with E-state index in [2.05, 4.69) is 124 Å². The first-order valence-corrected chi connectivity index (χ1v) is 24.4. The summed E-state index contributed by atoms with van der Waals surface area (Å²) in [6, 6.07) is 37.7. The van der Waals surface area contributed by atoms with Gasteiger partial charge in [0.05, 0.1) is 44.5 Å². The van der Waals surface area contributed by atoms with Gasteiger partial charge in [0.25, 0.3) is 17.7 Å².